The number of aromatic amines is 1. The van der Waals surface area contributed by atoms with Crippen LogP contribution in [-0.4, -0.2) is 59.2 Å². The maximum absolute atomic E-state index is 13.6. The number of aliphatic hydroxyl groups excluding tert-OH is 1. The van der Waals surface area contributed by atoms with Crippen LogP contribution < -0.4 is 20.7 Å². The highest BCUT2D eigenvalue weighted by Gasteiger charge is 2.45. The van der Waals surface area contributed by atoms with Gasteiger partial charge in [-0.05, 0) is 56.2 Å². The molecule has 5 rings (SSSR count). The first-order valence-electron chi connectivity index (χ1n) is 15.1. The van der Waals surface area contributed by atoms with E-state index in [0.29, 0.717) is 30.2 Å². The van der Waals surface area contributed by atoms with Crippen molar-refractivity contribution < 1.29 is 24.2 Å². The number of H-pyrrole nitrogens is 1. The number of ether oxygens (including phenoxy) is 1. The molecule has 3 aliphatic rings. The van der Waals surface area contributed by atoms with Crippen molar-refractivity contribution in [1.82, 2.24) is 20.9 Å². The summed E-state index contributed by atoms with van der Waals surface area (Å²) in [5.74, 6) is 0.147. The van der Waals surface area contributed by atoms with Gasteiger partial charge in [-0.3, -0.25) is 14.4 Å². The number of aliphatic hydroxyl groups is 1. The second-order valence-electron chi connectivity index (χ2n) is 12.2. The number of amides is 3. The Balaban J connectivity index is 1.27. The molecule has 2 aromatic rings. The third-order valence-electron chi connectivity index (χ3n) is 9.35. The largest absolute Gasteiger partial charge is 0.496 e. The molecule has 3 amide bonds. The molecule has 5 N–H and O–H groups in total. The molecule has 1 saturated heterocycles. The van der Waals surface area contributed by atoms with Crippen molar-refractivity contribution in [1.29, 1.82) is 0 Å². The van der Waals surface area contributed by atoms with Crippen LogP contribution in [0.3, 0.4) is 0 Å². The van der Waals surface area contributed by atoms with Gasteiger partial charge in [0.2, 0.25) is 11.8 Å². The van der Waals surface area contributed by atoms with Crippen LogP contribution in [0.2, 0.25) is 0 Å². The van der Waals surface area contributed by atoms with E-state index >= 15 is 0 Å². The number of nitrogens with one attached hydrogen (secondary N) is 4. The number of rotatable bonds is 10. The highest BCUT2D eigenvalue weighted by atomic mass is 16.5. The van der Waals surface area contributed by atoms with Gasteiger partial charge in [0.15, 0.2) is 0 Å². The quantitative estimate of drug-likeness (QED) is 0.304. The normalized spacial score (nSPS) is 22.6. The van der Waals surface area contributed by atoms with E-state index in [1.165, 1.54) is 12.8 Å². The summed E-state index contributed by atoms with van der Waals surface area (Å²) in [6.07, 6.45) is 12.7. The SMILES string of the molecule is COc1cccc2[nH]c(C(=O)N[C@@H](CC3CCCCC3)C(=O)NC(CO)CC3CC4(CCCCC4)NC3=O)cc12. The molecule has 2 aliphatic carbocycles. The van der Waals surface area contributed by atoms with Crippen molar-refractivity contribution in [3.63, 3.8) is 0 Å². The Morgan fingerprint density at radius 1 is 1.07 bits per heavy atom. The highest BCUT2D eigenvalue weighted by Crippen LogP contribution is 2.39. The monoisotopic (exact) mass is 552 g/mol. The fourth-order valence-electron chi connectivity index (χ4n) is 7.20. The van der Waals surface area contributed by atoms with Crippen molar-refractivity contribution in [2.45, 2.75) is 101 Å². The molecule has 2 heterocycles. The lowest BCUT2D eigenvalue weighted by Gasteiger charge is -2.33. The molecular formula is C31H44N4O5. The van der Waals surface area contributed by atoms with Gasteiger partial charge in [0.25, 0.3) is 5.91 Å². The summed E-state index contributed by atoms with van der Waals surface area (Å²) in [6.45, 7) is -0.256. The molecule has 40 heavy (non-hydrogen) atoms. The summed E-state index contributed by atoms with van der Waals surface area (Å²) in [4.78, 5) is 42.9. The Morgan fingerprint density at radius 2 is 1.82 bits per heavy atom. The van der Waals surface area contributed by atoms with Gasteiger partial charge in [0, 0.05) is 22.4 Å². The minimum atomic E-state index is -0.736. The van der Waals surface area contributed by atoms with Gasteiger partial charge < -0.3 is 30.8 Å². The predicted molar refractivity (Wildman–Crippen MR) is 153 cm³/mol. The van der Waals surface area contributed by atoms with E-state index in [-0.39, 0.29) is 35.8 Å². The highest BCUT2D eigenvalue weighted by molar-refractivity contribution is 6.01. The molecule has 2 saturated carbocycles. The van der Waals surface area contributed by atoms with Gasteiger partial charge in [-0.25, -0.2) is 0 Å². The number of carbonyl (C=O) groups is 3. The lowest BCUT2D eigenvalue weighted by atomic mass is 9.78. The van der Waals surface area contributed by atoms with Crippen LogP contribution in [-0.2, 0) is 9.59 Å². The molecule has 218 valence electrons. The fraction of sp³-hybridized carbons (Fsp3) is 0.645. The summed E-state index contributed by atoms with van der Waals surface area (Å²) < 4.78 is 5.43. The Kier molecular flexibility index (Phi) is 8.98. The topological polar surface area (TPSA) is 133 Å². The number of methoxy groups -OCH3 is 1. The molecular weight excluding hydrogens is 508 g/mol. The Labute approximate surface area is 236 Å². The van der Waals surface area contributed by atoms with Crippen LogP contribution in [0.5, 0.6) is 5.75 Å². The van der Waals surface area contributed by atoms with Crippen LogP contribution in [0.4, 0.5) is 0 Å². The van der Waals surface area contributed by atoms with Gasteiger partial charge in [0.1, 0.15) is 17.5 Å². The van der Waals surface area contributed by atoms with Crippen LogP contribution >= 0.6 is 0 Å². The predicted octanol–water partition coefficient (Wildman–Crippen LogP) is 3.95. The molecule has 1 spiro atoms. The Hall–Kier alpha value is -3.07. The molecule has 0 radical (unpaired) electrons. The summed E-state index contributed by atoms with van der Waals surface area (Å²) in [5.41, 5.74) is 1.02. The molecule has 3 fully saturated rings. The van der Waals surface area contributed by atoms with Crippen LogP contribution in [0, 0.1) is 11.8 Å². The zero-order valence-electron chi connectivity index (χ0n) is 23.6. The van der Waals surface area contributed by atoms with Crippen LogP contribution in [0.1, 0.15) is 94.0 Å². The number of carbonyl (C=O) groups excluding carboxylic acids is 3. The zero-order chi connectivity index (χ0) is 28.1. The molecule has 1 aromatic heterocycles. The first kappa shape index (κ1) is 28.5. The number of hydrogen-bond donors (Lipinski definition) is 5. The lowest BCUT2D eigenvalue weighted by molar-refractivity contribution is -0.126. The number of benzene rings is 1. The van der Waals surface area contributed by atoms with Crippen molar-refractivity contribution in [2.24, 2.45) is 11.8 Å². The third kappa shape index (κ3) is 6.45. The van der Waals surface area contributed by atoms with E-state index in [0.717, 1.165) is 68.7 Å². The Morgan fingerprint density at radius 3 is 2.55 bits per heavy atom. The second kappa shape index (κ2) is 12.6. The molecule has 3 atom stereocenters. The average Bonchev–Trinajstić information content (AvgIpc) is 3.53. The van der Waals surface area contributed by atoms with E-state index in [1.807, 2.05) is 18.2 Å². The maximum Gasteiger partial charge on any atom is 0.268 e. The van der Waals surface area contributed by atoms with Crippen LogP contribution in [0.15, 0.2) is 24.3 Å². The van der Waals surface area contributed by atoms with E-state index in [2.05, 4.69) is 20.9 Å². The summed E-state index contributed by atoms with van der Waals surface area (Å²) >= 11 is 0. The van der Waals surface area contributed by atoms with E-state index in [4.69, 9.17) is 4.74 Å². The van der Waals surface area contributed by atoms with Crippen molar-refractivity contribution >= 4 is 28.6 Å². The standard InChI is InChI=1S/C31H44N4O5/c1-40-27-12-8-11-24-23(27)17-26(33-24)30(39)34-25(15-20-9-4-2-5-10-20)29(38)32-22(19-36)16-21-18-31(35-28(21)37)13-6-3-7-14-31/h8,11-12,17,20-22,25,33,36H,2-7,9-10,13-16,18-19H2,1H3,(H,32,38)(H,34,39)(H,35,37)/t21?,22?,25-/m0/s1. The van der Waals surface area contributed by atoms with Crippen molar-refractivity contribution in [3.05, 3.63) is 30.0 Å². The van der Waals surface area contributed by atoms with Gasteiger partial charge in [-0.1, -0.05) is 57.4 Å². The van der Waals surface area contributed by atoms with Crippen molar-refractivity contribution in [3.8, 4) is 5.75 Å². The van der Waals surface area contributed by atoms with E-state index in [1.54, 1.807) is 13.2 Å². The third-order valence-corrected chi connectivity index (χ3v) is 9.35. The number of fused-ring (bicyclic) bond motifs is 1. The first-order valence-corrected chi connectivity index (χ1v) is 15.1. The average molecular weight is 553 g/mol. The van der Waals surface area contributed by atoms with Crippen molar-refractivity contribution in [2.75, 3.05) is 13.7 Å². The van der Waals surface area contributed by atoms with Gasteiger partial charge in [-0.2, -0.15) is 0 Å². The smallest absolute Gasteiger partial charge is 0.268 e. The Bertz CT molecular complexity index is 1200. The first-order chi connectivity index (χ1) is 19.4. The molecule has 2 unspecified atom stereocenters. The van der Waals surface area contributed by atoms with Gasteiger partial charge in [0.05, 0.1) is 19.8 Å². The molecule has 9 nitrogen and oxygen atoms in total. The van der Waals surface area contributed by atoms with Gasteiger partial charge in [-0.15, -0.1) is 0 Å². The second-order valence-corrected chi connectivity index (χ2v) is 12.2. The molecule has 9 heteroatoms. The minimum Gasteiger partial charge on any atom is -0.496 e. The van der Waals surface area contributed by atoms with Crippen LogP contribution in [0.25, 0.3) is 10.9 Å². The molecule has 1 aliphatic heterocycles. The zero-order valence-corrected chi connectivity index (χ0v) is 23.6. The minimum absolute atomic E-state index is 0.0240. The molecule has 0 bridgehead atoms. The summed E-state index contributed by atoms with van der Waals surface area (Å²) in [6, 6.07) is 6.03. The van der Waals surface area contributed by atoms with Gasteiger partial charge >= 0.3 is 0 Å². The van der Waals surface area contributed by atoms with E-state index in [9.17, 15) is 19.5 Å². The summed E-state index contributed by atoms with van der Waals surface area (Å²) in [7, 11) is 1.59. The maximum atomic E-state index is 13.6. The summed E-state index contributed by atoms with van der Waals surface area (Å²) in [5, 5.41) is 20.2. The lowest BCUT2D eigenvalue weighted by Crippen LogP contribution is -2.51. The number of hydrogen-bond acceptors (Lipinski definition) is 5. The van der Waals surface area contributed by atoms with E-state index < -0.39 is 12.1 Å². The fourth-order valence-corrected chi connectivity index (χ4v) is 7.20. The number of aromatic nitrogens is 1. The molecule has 1 aromatic carbocycles.